The SMILES string of the molecule is N=c1sccn1CC(=O)Nc1cccc(F)c1.[Cl-]. The van der Waals surface area contributed by atoms with E-state index in [9.17, 15) is 9.18 Å². The van der Waals surface area contributed by atoms with E-state index in [0.717, 1.165) is 0 Å². The largest absolute Gasteiger partial charge is 1.00 e. The number of rotatable bonds is 3. The molecule has 0 aliphatic heterocycles. The van der Waals surface area contributed by atoms with Crippen molar-refractivity contribution in [1.29, 1.82) is 5.41 Å². The lowest BCUT2D eigenvalue weighted by molar-refractivity contribution is -0.116. The molecule has 18 heavy (non-hydrogen) atoms. The van der Waals surface area contributed by atoms with E-state index < -0.39 is 5.82 Å². The highest BCUT2D eigenvalue weighted by molar-refractivity contribution is 7.06. The monoisotopic (exact) mass is 286 g/mol. The van der Waals surface area contributed by atoms with Gasteiger partial charge >= 0.3 is 0 Å². The third-order valence-corrected chi connectivity index (χ3v) is 2.82. The standard InChI is InChI=1S/C11H10FN3OS.ClH/c12-8-2-1-3-9(6-8)14-10(16)7-15-4-5-17-11(15)13;/h1-6,13H,7H2,(H,14,16);1H/p-1. The molecule has 0 radical (unpaired) electrons. The molecule has 0 saturated heterocycles. The van der Waals surface area contributed by atoms with E-state index in [1.165, 1.54) is 34.1 Å². The second kappa shape index (κ2) is 6.32. The molecule has 0 atom stereocenters. The Balaban J connectivity index is 0.00000162. The predicted molar refractivity (Wildman–Crippen MR) is 63.2 cm³/mol. The molecule has 7 heteroatoms. The highest BCUT2D eigenvalue weighted by Gasteiger charge is 2.04. The van der Waals surface area contributed by atoms with Crippen LogP contribution in [0.5, 0.6) is 0 Å². The molecule has 0 aliphatic carbocycles. The van der Waals surface area contributed by atoms with Crippen LogP contribution in [0.25, 0.3) is 0 Å². The summed E-state index contributed by atoms with van der Waals surface area (Å²) in [5.41, 5.74) is 0.414. The smallest absolute Gasteiger partial charge is 0.244 e. The second-order valence-electron chi connectivity index (χ2n) is 3.39. The molecular weight excluding hydrogens is 277 g/mol. The molecule has 0 unspecified atom stereocenters. The number of amides is 1. The number of nitrogens with one attached hydrogen (secondary N) is 2. The van der Waals surface area contributed by atoms with Gasteiger partial charge in [-0.3, -0.25) is 10.2 Å². The fourth-order valence-electron chi connectivity index (χ4n) is 1.35. The Bertz CT molecular complexity index is 596. The van der Waals surface area contributed by atoms with Gasteiger partial charge in [-0.15, -0.1) is 11.3 Å². The van der Waals surface area contributed by atoms with Gasteiger partial charge in [0.15, 0.2) is 4.80 Å². The molecule has 0 bridgehead atoms. The number of carbonyl (C=O) groups excluding carboxylic acids is 1. The Labute approximate surface area is 113 Å². The van der Waals surface area contributed by atoms with Gasteiger partial charge in [-0.1, -0.05) is 6.07 Å². The van der Waals surface area contributed by atoms with Crippen molar-refractivity contribution in [3.05, 3.63) is 46.5 Å². The van der Waals surface area contributed by atoms with Gasteiger partial charge in [-0.05, 0) is 18.2 Å². The average Bonchev–Trinajstić information content (AvgIpc) is 2.64. The van der Waals surface area contributed by atoms with E-state index in [-0.39, 0.29) is 24.9 Å². The van der Waals surface area contributed by atoms with Crippen molar-refractivity contribution in [2.24, 2.45) is 0 Å². The Hall–Kier alpha value is -1.66. The van der Waals surface area contributed by atoms with Crippen LogP contribution in [0.3, 0.4) is 0 Å². The third-order valence-electron chi connectivity index (χ3n) is 2.10. The lowest BCUT2D eigenvalue weighted by Crippen LogP contribution is -3.00. The van der Waals surface area contributed by atoms with Gasteiger partial charge in [0.05, 0.1) is 0 Å². The maximum absolute atomic E-state index is 12.9. The Morgan fingerprint density at radius 2 is 2.28 bits per heavy atom. The zero-order valence-electron chi connectivity index (χ0n) is 9.19. The first-order chi connectivity index (χ1) is 8.15. The van der Waals surface area contributed by atoms with Crippen molar-refractivity contribution in [3.63, 3.8) is 0 Å². The number of benzene rings is 1. The lowest BCUT2D eigenvalue weighted by Gasteiger charge is -2.05. The minimum atomic E-state index is -0.396. The van der Waals surface area contributed by atoms with Crippen LogP contribution in [-0.4, -0.2) is 10.5 Å². The summed E-state index contributed by atoms with van der Waals surface area (Å²) in [6.45, 7) is 0.0544. The van der Waals surface area contributed by atoms with Crippen molar-refractivity contribution in [1.82, 2.24) is 4.57 Å². The molecule has 2 N–H and O–H groups in total. The van der Waals surface area contributed by atoms with Gasteiger partial charge in [0, 0.05) is 17.3 Å². The van der Waals surface area contributed by atoms with Crippen LogP contribution in [0.4, 0.5) is 10.1 Å². The topological polar surface area (TPSA) is 57.9 Å². The Morgan fingerprint density at radius 1 is 1.50 bits per heavy atom. The number of nitrogens with zero attached hydrogens (tertiary/aromatic N) is 1. The normalized spacial score (nSPS) is 9.61. The number of halogens is 2. The summed E-state index contributed by atoms with van der Waals surface area (Å²) in [7, 11) is 0. The molecule has 1 amide bonds. The molecule has 0 saturated carbocycles. The summed E-state index contributed by atoms with van der Waals surface area (Å²) in [5, 5.41) is 11.8. The first-order valence-corrected chi connectivity index (χ1v) is 5.77. The number of hydrogen-bond acceptors (Lipinski definition) is 3. The molecule has 0 fully saturated rings. The maximum Gasteiger partial charge on any atom is 0.244 e. The van der Waals surface area contributed by atoms with E-state index in [1.807, 2.05) is 0 Å². The Morgan fingerprint density at radius 3 is 2.89 bits per heavy atom. The summed E-state index contributed by atoms with van der Waals surface area (Å²) >= 11 is 1.24. The molecule has 96 valence electrons. The summed E-state index contributed by atoms with van der Waals surface area (Å²) in [5.74, 6) is -0.681. The molecule has 4 nitrogen and oxygen atoms in total. The van der Waals surface area contributed by atoms with Crippen molar-refractivity contribution in [2.75, 3.05) is 5.32 Å². The van der Waals surface area contributed by atoms with Gasteiger partial charge in [0.2, 0.25) is 5.91 Å². The minimum absolute atomic E-state index is 0. The van der Waals surface area contributed by atoms with E-state index in [1.54, 1.807) is 17.6 Å². The van der Waals surface area contributed by atoms with E-state index in [2.05, 4.69) is 5.32 Å². The van der Waals surface area contributed by atoms with E-state index >= 15 is 0 Å². The molecule has 2 rings (SSSR count). The summed E-state index contributed by atoms with van der Waals surface area (Å²) in [6, 6.07) is 5.70. The van der Waals surface area contributed by atoms with E-state index in [4.69, 9.17) is 5.41 Å². The van der Waals surface area contributed by atoms with Crippen LogP contribution in [-0.2, 0) is 11.3 Å². The van der Waals surface area contributed by atoms with Crippen LogP contribution in [0.15, 0.2) is 35.8 Å². The third kappa shape index (κ3) is 3.68. The predicted octanol–water partition coefficient (Wildman–Crippen LogP) is -1.19. The van der Waals surface area contributed by atoms with E-state index in [0.29, 0.717) is 10.5 Å². The maximum atomic E-state index is 12.9. The van der Waals surface area contributed by atoms with Crippen LogP contribution in [0, 0.1) is 11.2 Å². The van der Waals surface area contributed by atoms with Crippen LogP contribution < -0.4 is 22.5 Å². The van der Waals surface area contributed by atoms with Crippen molar-refractivity contribution < 1.29 is 21.6 Å². The van der Waals surface area contributed by atoms with Gasteiger partial charge in [0.25, 0.3) is 0 Å². The lowest BCUT2D eigenvalue weighted by atomic mass is 10.3. The number of thiazole rings is 1. The second-order valence-corrected chi connectivity index (χ2v) is 4.29. The number of aromatic nitrogens is 1. The molecule has 0 spiro atoms. The zero-order valence-corrected chi connectivity index (χ0v) is 10.8. The number of carbonyl (C=O) groups is 1. The number of hydrogen-bond donors (Lipinski definition) is 2. The molecule has 0 aliphatic rings. The van der Waals surface area contributed by atoms with Gasteiger partial charge < -0.3 is 22.3 Å². The molecular formula is C11H10ClFN3OS-. The van der Waals surface area contributed by atoms with Gasteiger partial charge in [0.1, 0.15) is 12.4 Å². The average molecular weight is 287 g/mol. The fraction of sp³-hybridized carbons (Fsp3) is 0.0909. The quantitative estimate of drug-likeness (QED) is 0.733. The minimum Gasteiger partial charge on any atom is -1.00 e. The van der Waals surface area contributed by atoms with Crippen molar-refractivity contribution >= 4 is 22.9 Å². The summed E-state index contributed by atoms with van der Waals surface area (Å²) in [6.07, 6.45) is 1.66. The van der Waals surface area contributed by atoms with Crippen LogP contribution in [0.2, 0.25) is 0 Å². The fourth-order valence-corrected chi connectivity index (χ4v) is 1.95. The molecule has 2 aromatic rings. The molecule has 1 heterocycles. The first kappa shape index (κ1) is 14.4. The van der Waals surface area contributed by atoms with Crippen LogP contribution >= 0.6 is 11.3 Å². The van der Waals surface area contributed by atoms with Gasteiger partial charge in [-0.25, -0.2) is 4.39 Å². The highest BCUT2D eigenvalue weighted by atomic mass is 35.5. The Kier molecular flexibility index (Phi) is 5.06. The number of anilines is 1. The zero-order chi connectivity index (χ0) is 12.3. The van der Waals surface area contributed by atoms with Crippen LogP contribution in [0.1, 0.15) is 0 Å². The van der Waals surface area contributed by atoms with Crippen molar-refractivity contribution in [3.8, 4) is 0 Å². The van der Waals surface area contributed by atoms with Gasteiger partial charge in [-0.2, -0.15) is 0 Å². The first-order valence-electron chi connectivity index (χ1n) is 4.89. The van der Waals surface area contributed by atoms with Crippen molar-refractivity contribution in [2.45, 2.75) is 6.54 Å². The highest BCUT2D eigenvalue weighted by Crippen LogP contribution is 2.08. The molecule has 1 aromatic carbocycles. The summed E-state index contributed by atoms with van der Waals surface area (Å²) in [4.78, 5) is 11.9. The molecule has 1 aromatic heterocycles. The summed E-state index contributed by atoms with van der Waals surface area (Å²) < 4.78 is 14.4.